The molecule has 0 radical (unpaired) electrons. The molecule has 6 nitrogen and oxygen atoms in total. The highest BCUT2D eigenvalue weighted by atomic mass is 127. The Kier molecular flexibility index (Phi) is 8.90. The number of halogens is 1. The van der Waals surface area contributed by atoms with Gasteiger partial charge < -0.3 is 15.5 Å². The quantitative estimate of drug-likeness (QED) is 0.422. The number of guanidine groups is 1. The SMILES string of the molecule is CN=C(NCCn1cc(C)cn1)NC1CCN(C(C)C)CC1.I. The summed E-state index contributed by atoms with van der Waals surface area (Å²) in [5.41, 5.74) is 1.19. The predicted octanol–water partition coefficient (Wildman–Crippen LogP) is 1.85. The summed E-state index contributed by atoms with van der Waals surface area (Å²) in [5, 5.41) is 11.2. The summed E-state index contributed by atoms with van der Waals surface area (Å²) in [4.78, 5) is 6.86. The molecule has 0 aliphatic carbocycles. The van der Waals surface area contributed by atoms with Gasteiger partial charge in [-0.3, -0.25) is 9.67 Å². The first-order chi connectivity index (χ1) is 10.6. The topological polar surface area (TPSA) is 57.5 Å². The Morgan fingerprint density at radius 3 is 2.61 bits per heavy atom. The minimum Gasteiger partial charge on any atom is -0.355 e. The lowest BCUT2D eigenvalue weighted by Gasteiger charge is -2.35. The van der Waals surface area contributed by atoms with E-state index in [-0.39, 0.29) is 24.0 Å². The van der Waals surface area contributed by atoms with Crippen LogP contribution >= 0.6 is 24.0 Å². The molecule has 2 rings (SSSR count). The van der Waals surface area contributed by atoms with Crippen molar-refractivity contribution in [3.63, 3.8) is 0 Å². The summed E-state index contributed by atoms with van der Waals surface area (Å²) < 4.78 is 1.96. The van der Waals surface area contributed by atoms with Gasteiger partial charge in [0.2, 0.25) is 0 Å². The monoisotopic (exact) mass is 434 g/mol. The van der Waals surface area contributed by atoms with E-state index in [2.05, 4.69) is 52.6 Å². The number of aromatic nitrogens is 2. The van der Waals surface area contributed by atoms with E-state index >= 15 is 0 Å². The van der Waals surface area contributed by atoms with Gasteiger partial charge >= 0.3 is 0 Å². The van der Waals surface area contributed by atoms with Crippen molar-refractivity contribution in [1.29, 1.82) is 0 Å². The van der Waals surface area contributed by atoms with Crippen LogP contribution in [0.2, 0.25) is 0 Å². The van der Waals surface area contributed by atoms with E-state index < -0.39 is 0 Å². The molecular weight excluding hydrogens is 403 g/mol. The molecule has 7 heteroatoms. The van der Waals surface area contributed by atoms with Gasteiger partial charge in [0, 0.05) is 45.0 Å². The van der Waals surface area contributed by atoms with Crippen LogP contribution in [-0.4, -0.2) is 59.4 Å². The maximum atomic E-state index is 4.32. The molecule has 0 saturated carbocycles. The molecule has 1 aliphatic heterocycles. The van der Waals surface area contributed by atoms with E-state index in [0.717, 1.165) is 19.0 Å². The second-order valence-corrected chi connectivity index (χ2v) is 6.33. The van der Waals surface area contributed by atoms with E-state index in [1.807, 2.05) is 17.9 Å². The van der Waals surface area contributed by atoms with Gasteiger partial charge in [-0.05, 0) is 39.2 Å². The van der Waals surface area contributed by atoms with E-state index in [1.54, 1.807) is 0 Å². The van der Waals surface area contributed by atoms with E-state index in [1.165, 1.54) is 31.5 Å². The summed E-state index contributed by atoms with van der Waals surface area (Å²) in [6.07, 6.45) is 6.30. The average Bonchev–Trinajstić information content (AvgIpc) is 2.92. The molecule has 0 aromatic carbocycles. The summed E-state index contributed by atoms with van der Waals surface area (Å²) in [6, 6.07) is 1.17. The zero-order valence-corrected chi connectivity index (χ0v) is 17.1. The van der Waals surface area contributed by atoms with Gasteiger partial charge in [-0.1, -0.05) is 0 Å². The van der Waals surface area contributed by atoms with Crippen molar-refractivity contribution < 1.29 is 0 Å². The molecule has 0 amide bonds. The number of piperidine rings is 1. The van der Waals surface area contributed by atoms with Crippen molar-refractivity contribution in [3.05, 3.63) is 18.0 Å². The molecule has 0 unspecified atom stereocenters. The normalized spacial score (nSPS) is 17.2. The van der Waals surface area contributed by atoms with Crippen molar-refractivity contribution in [1.82, 2.24) is 25.3 Å². The molecule has 1 fully saturated rings. The lowest BCUT2D eigenvalue weighted by atomic mass is 10.0. The van der Waals surface area contributed by atoms with Crippen LogP contribution in [-0.2, 0) is 6.54 Å². The smallest absolute Gasteiger partial charge is 0.191 e. The third-order valence-corrected chi connectivity index (χ3v) is 4.22. The second kappa shape index (κ2) is 10.1. The number of nitrogens with one attached hydrogen (secondary N) is 2. The first-order valence-electron chi connectivity index (χ1n) is 8.28. The van der Waals surface area contributed by atoms with Gasteiger partial charge in [0.25, 0.3) is 0 Å². The highest BCUT2D eigenvalue weighted by Gasteiger charge is 2.21. The molecule has 0 bridgehead atoms. The number of aliphatic imine (C=N–C) groups is 1. The van der Waals surface area contributed by atoms with Crippen LogP contribution in [0.3, 0.4) is 0 Å². The van der Waals surface area contributed by atoms with E-state index in [9.17, 15) is 0 Å². The molecule has 0 spiro atoms. The Morgan fingerprint density at radius 1 is 1.39 bits per heavy atom. The fourth-order valence-corrected chi connectivity index (χ4v) is 2.83. The van der Waals surface area contributed by atoms with Crippen LogP contribution in [0.5, 0.6) is 0 Å². The Hall–Kier alpha value is -0.830. The summed E-state index contributed by atoms with van der Waals surface area (Å²) in [6.45, 7) is 10.6. The Balaban J connectivity index is 0.00000264. The summed E-state index contributed by atoms with van der Waals surface area (Å²) in [5.74, 6) is 0.895. The zero-order chi connectivity index (χ0) is 15.9. The largest absolute Gasteiger partial charge is 0.355 e. The fraction of sp³-hybridized carbons (Fsp3) is 0.750. The third kappa shape index (κ3) is 6.66. The van der Waals surface area contributed by atoms with Crippen LogP contribution in [0.15, 0.2) is 17.4 Å². The highest BCUT2D eigenvalue weighted by molar-refractivity contribution is 14.0. The Morgan fingerprint density at radius 2 is 2.09 bits per heavy atom. The van der Waals surface area contributed by atoms with Crippen molar-refractivity contribution in [3.8, 4) is 0 Å². The minimum absolute atomic E-state index is 0. The number of aryl methyl sites for hydroxylation is 1. The van der Waals surface area contributed by atoms with Gasteiger partial charge in [-0.15, -0.1) is 24.0 Å². The zero-order valence-electron chi connectivity index (χ0n) is 14.7. The molecule has 1 aromatic rings. The van der Waals surface area contributed by atoms with Gasteiger partial charge in [0.1, 0.15) is 0 Å². The predicted molar refractivity (Wildman–Crippen MR) is 107 cm³/mol. The van der Waals surface area contributed by atoms with E-state index in [4.69, 9.17) is 0 Å². The van der Waals surface area contributed by atoms with Gasteiger partial charge in [-0.2, -0.15) is 5.10 Å². The summed E-state index contributed by atoms with van der Waals surface area (Å²) >= 11 is 0. The van der Waals surface area contributed by atoms with Gasteiger partial charge in [0.15, 0.2) is 5.96 Å². The minimum atomic E-state index is 0. The lowest BCUT2D eigenvalue weighted by Crippen LogP contribution is -2.50. The third-order valence-electron chi connectivity index (χ3n) is 4.22. The number of likely N-dealkylation sites (tertiary alicyclic amines) is 1. The number of hydrogen-bond donors (Lipinski definition) is 2. The first-order valence-corrected chi connectivity index (χ1v) is 8.28. The second-order valence-electron chi connectivity index (χ2n) is 6.33. The highest BCUT2D eigenvalue weighted by Crippen LogP contribution is 2.12. The first kappa shape index (κ1) is 20.2. The van der Waals surface area contributed by atoms with Crippen molar-refractivity contribution in [2.45, 2.75) is 52.2 Å². The van der Waals surface area contributed by atoms with Crippen LogP contribution in [0.25, 0.3) is 0 Å². The molecule has 132 valence electrons. The maximum absolute atomic E-state index is 4.32. The number of rotatable bonds is 5. The molecular formula is C16H31IN6. The Bertz CT molecular complexity index is 477. The molecule has 1 aromatic heterocycles. The average molecular weight is 434 g/mol. The molecule has 2 N–H and O–H groups in total. The lowest BCUT2D eigenvalue weighted by molar-refractivity contribution is 0.167. The maximum Gasteiger partial charge on any atom is 0.191 e. The van der Waals surface area contributed by atoms with E-state index in [0.29, 0.717) is 12.1 Å². The fourth-order valence-electron chi connectivity index (χ4n) is 2.83. The van der Waals surface area contributed by atoms with Crippen LogP contribution in [0.4, 0.5) is 0 Å². The Labute approximate surface area is 157 Å². The molecule has 1 aliphatic rings. The van der Waals surface area contributed by atoms with Crippen LogP contribution < -0.4 is 10.6 Å². The number of nitrogens with zero attached hydrogens (tertiary/aromatic N) is 4. The van der Waals surface area contributed by atoms with Crippen LogP contribution in [0, 0.1) is 6.92 Å². The van der Waals surface area contributed by atoms with Gasteiger partial charge in [0.05, 0.1) is 12.7 Å². The van der Waals surface area contributed by atoms with Crippen molar-refractivity contribution >= 4 is 29.9 Å². The van der Waals surface area contributed by atoms with Gasteiger partial charge in [-0.25, -0.2) is 0 Å². The van der Waals surface area contributed by atoms with Crippen molar-refractivity contribution in [2.24, 2.45) is 4.99 Å². The molecule has 0 atom stereocenters. The standard InChI is InChI=1S/C16H30N6.HI/c1-13(2)21-8-5-15(6-9-21)20-16(17-4)18-7-10-22-12-14(3)11-19-22;/h11-13,15H,5-10H2,1-4H3,(H2,17,18,20);1H. The molecule has 1 saturated heterocycles. The van der Waals surface area contributed by atoms with Crippen LogP contribution in [0.1, 0.15) is 32.3 Å². The molecule has 23 heavy (non-hydrogen) atoms. The van der Waals surface area contributed by atoms with Crippen molar-refractivity contribution in [2.75, 3.05) is 26.7 Å². The summed E-state index contributed by atoms with van der Waals surface area (Å²) in [7, 11) is 1.83. The molecule has 2 heterocycles. The number of hydrogen-bond acceptors (Lipinski definition) is 3.